The van der Waals surface area contributed by atoms with E-state index >= 15 is 0 Å². The van der Waals surface area contributed by atoms with Gasteiger partial charge in [0.25, 0.3) is 0 Å². The van der Waals surface area contributed by atoms with Crippen LogP contribution in [0.1, 0.15) is 44.7 Å². The predicted molar refractivity (Wildman–Crippen MR) is 102 cm³/mol. The number of benzene rings is 2. The Morgan fingerprint density at radius 3 is 2.40 bits per heavy atom. The lowest BCUT2D eigenvalue weighted by Crippen LogP contribution is -2.26. The van der Waals surface area contributed by atoms with Crippen molar-refractivity contribution in [3.63, 3.8) is 0 Å². The van der Waals surface area contributed by atoms with Gasteiger partial charge in [0.2, 0.25) is 0 Å². The van der Waals surface area contributed by atoms with Crippen LogP contribution in [-0.4, -0.2) is 16.3 Å². The van der Waals surface area contributed by atoms with Crippen molar-refractivity contribution < 1.29 is 9.53 Å². The average molecular weight is 336 g/mol. The summed E-state index contributed by atoms with van der Waals surface area (Å²) >= 11 is 0. The van der Waals surface area contributed by atoms with Gasteiger partial charge in [-0.15, -0.1) is 0 Å². The average Bonchev–Trinajstić information content (AvgIpc) is 2.97. The van der Waals surface area contributed by atoms with Crippen molar-refractivity contribution in [1.82, 2.24) is 4.57 Å². The zero-order valence-electron chi connectivity index (χ0n) is 15.1. The third kappa shape index (κ3) is 3.38. The number of nitrogens with zero attached hydrogens (tertiary/aromatic N) is 1. The van der Waals surface area contributed by atoms with Gasteiger partial charge >= 0.3 is 6.09 Å². The van der Waals surface area contributed by atoms with Gasteiger partial charge in [0.1, 0.15) is 5.60 Å². The van der Waals surface area contributed by atoms with E-state index in [-0.39, 0.29) is 12.0 Å². The Labute approximate surface area is 148 Å². The summed E-state index contributed by atoms with van der Waals surface area (Å²) in [5.41, 5.74) is 9.50. The van der Waals surface area contributed by atoms with Crippen molar-refractivity contribution >= 4 is 22.7 Å². The largest absolute Gasteiger partial charge is 0.443 e. The first-order chi connectivity index (χ1) is 11.8. The highest BCUT2D eigenvalue weighted by Crippen LogP contribution is 2.35. The van der Waals surface area contributed by atoms with Crippen molar-refractivity contribution in [3.8, 4) is 0 Å². The van der Waals surface area contributed by atoms with Crippen molar-refractivity contribution in [3.05, 3.63) is 65.9 Å². The molecule has 0 spiro atoms. The monoisotopic (exact) mass is 336 g/mol. The predicted octanol–water partition coefficient (Wildman–Crippen LogP) is 5.16. The summed E-state index contributed by atoms with van der Waals surface area (Å²) in [6.45, 7) is 7.71. The highest BCUT2D eigenvalue weighted by Gasteiger charge is 2.22. The summed E-state index contributed by atoms with van der Waals surface area (Å²) < 4.78 is 7.04. The molecule has 2 N–H and O–H groups in total. The molecule has 0 amide bonds. The fraction of sp³-hybridized carbons (Fsp3) is 0.286. The van der Waals surface area contributed by atoms with Crippen LogP contribution < -0.4 is 5.73 Å². The molecule has 1 heterocycles. The van der Waals surface area contributed by atoms with Crippen molar-refractivity contribution in [2.24, 2.45) is 0 Å². The molecule has 3 rings (SSSR count). The van der Waals surface area contributed by atoms with E-state index in [1.807, 2.05) is 57.2 Å². The van der Waals surface area contributed by atoms with Gasteiger partial charge in [-0.05, 0) is 50.1 Å². The van der Waals surface area contributed by atoms with Gasteiger partial charge < -0.3 is 10.5 Å². The Bertz CT molecular complexity index is 905. The molecule has 4 heteroatoms. The molecule has 1 atom stereocenters. The lowest BCUT2D eigenvalue weighted by atomic mass is 9.89. The second-order valence-corrected chi connectivity index (χ2v) is 7.30. The lowest BCUT2D eigenvalue weighted by molar-refractivity contribution is 0.0544. The molecule has 0 aliphatic rings. The first-order valence-electron chi connectivity index (χ1n) is 8.45. The van der Waals surface area contributed by atoms with Gasteiger partial charge in [-0.3, -0.25) is 4.57 Å². The Morgan fingerprint density at radius 2 is 1.76 bits per heavy atom. The Morgan fingerprint density at radius 1 is 1.08 bits per heavy atom. The minimum atomic E-state index is -0.540. The first-order valence-corrected chi connectivity index (χ1v) is 8.45. The van der Waals surface area contributed by atoms with E-state index < -0.39 is 5.60 Å². The molecule has 4 nitrogen and oxygen atoms in total. The van der Waals surface area contributed by atoms with Gasteiger partial charge in [-0.25, -0.2) is 4.79 Å². The van der Waals surface area contributed by atoms with Crippen LogP contribution in [0.2, 0.25) is 0 Å². The fourth-order valence-corrected chi connectivity index (χ4v) is 3.12. The van der Waals surface area contributed by atoms with E-state index in [9.17, 15) is 4.79 Å². The number of nitrogen functional groups attached to an aromatic ring is 1. The van der Waals surface area contributed by atoms with E-state index in [0.717, 1.165) is 22.2 Å². The fourth-order valence-electron chi connectivity index (χ4n) is 3.12. The highest BCUT2D eigenvalue weighted by atomic mass is 16.6. The maximum absolute atomic E-state index is 12.5. The Hall–Kier alpha value is -2.75. The number of ether oxygens (including phenoxy) is 1. The molecule has 3 aromatic rings. The number of hydrogen-bond donors (Lipinski definition) is 1. The third-order valence-electron chi connectivity index (χ3n) is 4.27. The normalized spacial score (nSPS) is 13.0. The van der Waals surface area contributed by atoms with Gasteiger partial charge in [-0.1, -0.05) is 37.3 Å². The standard InChI is InChI=1S/C21H24N2O2/c1-14(15-8-6-5-7-9-15)19-16-12-13-23(18(16)11-10-17(19)22)20(24)25-21(2,3)4/h5-14H,22H2,1-4H3. The molecule has 1 unspecified atom stereocenters. The summed E-state index contributed by atoms with van der Waals surface area (Å²) in [5.74, 6) is 0.124. The lowest BCUT2D eigenvalue weighted by Gasteiger charge is -2.20. The molecule has 130 valence electrons. The number of hydrogen-bond acceptors (Lipinski definition) is 3. The molecule has 0 fully saturated rings. The van der Waals surface area contributed by atoms with Crippen LogP contribution in [0.15, 0.2) is 54.7 Å². The number of carbonyl (C=O) groups excluding carboxylic acids is 1. The van der Waals surface area contributed by atoms with Crippen molar-refractivity contribution in [2.75, 3.05) is 5.73 Å². The molecule has 0 saturated heterocycles. The molecule has 0 saturated carbocycles. The summed E-state index contributed by atoms with van der Waals surface area (Å²) in [6.07, 6.45) is 1.37. The zero-order chi connectivity index (χ0) is 18.2. The molecule has 1 aromatic heterocycles. The first kappa shape index (κ1) is 17.1. The molecule has 2 aromatic carbocycles. The number of carbonyl (C=O) groups is 1. The number of aromatic nitrogens is 1. The summed E-state index contributed by atoms with van der Waals surface area (Å²) in [6, 6.07) is 15.9. The van der Waals surface area contributed by atoms with Crippen LogP contribution in [0.3, 0.4) is 0 Å². The van der Waals surface area contributed by atoms with E-state index in [2.05, 4.69) is 19.1 Å². The quantitative estimate of drug-likeness (QED) is 0.658. The number of anilines is 1. The molecule has 25 heavy (non-hydrogen) atoms. The summed E-state index contributed by atoms with van der Waals surface area (Å²) in [4.78, 5) is 12.5. The van der Waals surface area contributed by atoms with Gasteiger partial charge in [0, 0.05) is 23.2 Å². The minimum absolute atomic E-state index is 0.124. The minimum Gasteiger partial charge on any atom is -0.443 e. The molecule has 0 bridgehead atoms. The van der Waals surface area contributed by atoms with Gasteiger partial charge in [0.15, 0.2) is 0 Å². The molecule has 0 radical (unpaired) electrons. The summed E-state index contributed by atoms with van der Waals surface area (Å²) in [5, 5.41) is 0.974. The number of nitrogens with two attached hydrogens (primary N) is 1. The molecular weight excluding hydrogens is 312 g/mol. The second-order valence-electron chi connectivity index (χ2n) is 7.30. The Kier molecular flexibility index (Phi) is 4.29. The van der Waals surface area contributed by atoms with E-state index in [1.165, 1.54) is 5.56 Å². The van der Waals surface area contributed by atoms with Crippen LogP contribution >= 0.6 is 0 Å². The Balaban J connectivity index is 2.09. The van der Waals surface area contributed by atoms with Crippen LogP contribution in [0.5, 0.6) is 0 Å². The van der Waals surface area contributed by atoms with E-state index in [1.54, 1.807) is 10.8 Å². The van der Waals surface area contributed by atoms with E-state index in [0.29, 0.717) is 0 Å². The molecule has 0 aliphatic heterocycles. The van der Waals surface area contributed by atoms with Crippen LogP contribution in [-0.2, 0) is 4.74 Å². The van der Waals surface area contributed by atoms with Crippen LogP contribution in [0.25, 0.3) is 10.9 Å². The smallest absolute Gasteiger partial charge is 0.418 e. The SMILES string of the molecule is CC(c1ccccc1)c1c(N)ccc2c1ccn2C(=O)OC(C)(C)C. The van der Waals surface area contributed by atoms with Gasteiger partial charge in [-0.2, -0.15) is 0 Å². The summed E-state index contributed by atoms with van der Waals surface area (Å²) in [7, 11) is 0. The number of rotatable bonds is 2. The third-order valence-corrected chi connectivity index (χ3v) is 4.27. The van der Waals surface area contributed by atoms with E-state index in [4.69, 9.17) is 10.5 Å². The maximum Gasteiger partial charge on any atom is 0.418 e. The van der Waals surface area contributed by atoms with Crippen LogP contribution in [0, 0.1) is 0 Å². The maximum atomic E-state index is 12.5. The van der Waals surface area contributed by atoms with Gasteiger partial charge in [0.05, 0.1) is 5.52 Å². The molecular formula is C21H24N2O2. The van der Waals surface area contributed by atoms with Crippen molar-refractivity contribution in [2.45, 2.75) is 39.2 Å². The number of fused-ring (bicyclic) bond motifs is 1. The zero-order valence-corrected chi connectivity index (χ0v) is 15.1. The van der Waals surface area contributed by atoms with Crippen molar-refractivity contribution in [1.29, 1.82) is 0 Å². The topological polar surface area (TPSA) is 57.2 Å². The molecule has 0 aliphatic carbocycles. The second kappa shape index (κ2) is 6.28. The highest BCUT2D eigenvalue weighted by molar-refractivity contribution is 5.94. The van der Waals surface area contributed by atoms with Crippen LogP contribution in [0.4, 0.5) is 10.5 Å².